The van der Waals surface area contributed by atoms with E-state index in [1.807, 2.05) is 34.0 Å². The molecule has 0 aliphatic rings. The van der Waals surface area contributed by atoms with Crippen molar-refractivity contribution >= 4 is 39.1 Å². The number of fused-ring (bicyclic) bond motifs is 3. The van der Waals surface area contributed by atoms with Crippen LogP contribution in [0.15, 0.2) is 51.7 Å². The topological polar surface area (TPSA) is 52.2 Å². The summed E-state index contributed by atoms with van der Waals surface area (Å²) in [6.07, 6.45) is 2.29. The van der Waals surface area contributed by atoms with E-state index in [0.29, 0.717) is 12.3 Å². The van der Waals surface area contributed by atoms with E-state index in [-0.39, 0.29) is 11.5 Å². The van der Waals surface area contributed by atoms with Crippen LogP contribution in [0.1, 0.15) is 38.2 Å². The van der Waals surface area contributed by atoms with Gasteiger partial charge < -0.3 is 0 Å². The summed E-state index contributed by atoms with van der Waals surface area (Å²) in [4.78, 5) is 13.1. The third-order valence-corrected chi connectivity index (χ3v) is 6.64. The highest BCUT2D eigenvalue weighted by Gasteiger charge is 2.19. The van der Waals surface area contributed by atoms with E-state index in [4.69, 9.17) is 0 Å². The predicted octanol–water partition coefficient (Wildman–Crippen LogP) is 4.80. The van der Waals surface area contributed by atoms with E-state index in [1.54, 1.807) is 16.3 Å². The van der Waals surface area contributed by atoms with Gasteiger partial charge in [0, 0.05) is 12.3 Å². The van der Waals surface area contributed by atoms with Crippen LogP contribution < -0.4 is 5.56 Å². The SMILES string of the molecule is CCCCSc1nnc2n(C[C@@H](C)c3ccccc3)c(=O)c3sccc3n12. The summed E-state index contributed by atoms with van der Waals surface area (Å²) in [5.41, 5.74) is 2.14. The Hall–Kier alpha value is -2.12. The minimum absolute atomic E-state index is 0.0211. The predicted molar refractivity (Wildman–Crippen MR) is 113 cm³/mol. The molecule has 0 saturated heterocycles. The molecule has 5 nitrogen and oxygen atoms in total. The number of benzene rings is 1. The first-order chi connectivity index (χ1) is 13.2. The van der Waals surface area contributed by atoms with Crippen molar-refractivity contribution in [2.45, 2.75) is 44.3 Å². The molecule has 1 aromatic carbocycles. The van der Waals surface area contributed by atoms with Crippen molar-refractivity contribution < 1.29 is 0 Å². The quantitative estimate of drug-likeness (QED) is 0.331. The van der Waals surface area contributed by atoms with Crippen LogP contribution >= 0.6 is 23.1 Å². The Kier molecular flexibility index (Phi) is 5.31. The lowest BCUT2D eigenvalue weighted by Gasteiger charge is -2.15. The van der Waals surface area contributed by atoms with Gasteiger partial charge in [-0.2, -0.15) is 0 Å². The van der Waals surface area contributed by atoms with Crippen LogP contribution in [0, 0.1) is 0 Å². The fourth-order valence-electron chi connectivity index (χ4n) is 3.23. The molecule has 0 fully saturated rings. The Morgan fingerprint density at radius 2 is 2.00 bits per heavy atom. The maximum atomic E-state index is 13.1. The lowest BCUT2D eigenvalue weighted by molar-refractivity contribution is 0.588. The summed E-state index contributed by atoms with van der Waals surface area (Å²) >= 11 is 3.20. The molecule has 0 radical (unpaired) electrons. The molecule has 0 unspecified atom stereocenters. The monoisotopic (exact) mass is 398 g/mol. The second kappa shape index (κ2) is 7.86. The Morgan fingerprint density at radius 3 is 2.78 bits per heavy atom. The normalized spacial score (nSPS) is 12.8. The molecule has 140 valence electrons. The lowest BCUT2D eigenvalue weighted by Crippen LogP contribution is -2.24. The second-order valence-electron chi connectivity index (χ2n) is 6.68. The first kappa shape index (κ1) is 18.3. The maximum absolute atomic E-state index is 13.1. The molecule has 0 bridgehead atoms. The maximum Gasteiger partial charge on any atom is 0.272 e. The van der Waals surface area contributed by atoms with Crippen molar-refractivity contribution in [2.75, 3.05) is 5.75 Å². The van der Waals surface area contributed by atoms with E-state index >= 15 is 0 Å². The molecule has 0 N–H and O–H groups in total. The Balaban J connectivity index is 1.81. The smallest absolute Gasteiger partial charge is 0.272 e. The molecule has 0 aliphatic heterocycles. The molecular formula is C20H22N4OS2. The number of rotatable bonds is 7. The lowest BCUT2D eigenvalue weighted by atomic mass is 10.0. The average Bonchev–Trinajstić information content (AvgIpc) is 3.33. The summed E-state index contributed by atoms with van der Waals surface area (Å²) in [7, 11) is 0. The standard InChI is InChI=1S/C20H22N4OS2/c1-3-4-11-27-20-22-21-19-23(13-14(2)15-8-6-5-7-9-15)18(25)17-16(24(19)20)10-12-26-17/h5-10,12,14H,3-4,11,13H2,1-2H3/t14-/m1/s1. The highest BCUT2D eigenvalue weighted by molar-refractivity contribution is 7.99. The summed E-state index contributed by atoms with van der Waals surface area (Å²) < 4.78 is 4.60. The van der Waals surface area contributed by atoms with Gasteiger partial charge >= 0.3 is 0 Å². The van der Waals surface area contributed by atoms with Crippen LogP contribution in [-0.2, 0) is 6.54 Å². The minimum atomic E-state index is 0.0211. The summed E-state index contributed by atoms with van der Waals surface area (Å²) in [6.45, 7) is 4.91. The molecule has 3 aromatic heterocycles. The molecule has 1 atom stereocenters. The van der Waals surface area contributed by atoms with E-state index in [9.17, 15) is 4.79 Å². The van der Waals surface area contributed by atoms with E-state index in [0.717, 1.165) is 34.0 Å². The molecule has 4 aromatic rings. The van der Waals surface area contributed by atoms with Crippen molar-refractivity contribution in [3.63, 3.8) is 0 Å². The van der Waals surface area contributed by atoms with Gasteiger partial charge in [0.15, 0.2) is 5.16 Å². The van der Waals surface area contributed by atoms with Crippen LogP contribution in [0.4, 0.5) is 0 Å². The molecule has 0 aliphatic carbocycles. The van der Waals surface area contributed by atoms with Gasteiger partial charge in [0.1, 0.15) is 4.70 Å². The van der Waals surface area contributed by atoms with Gasteiger partial charge in [-0.1, -0.05) is 62.4 Å². The van der Waals surface area contributed by atoms with Gasteiger partial charge in [-0.15, -0.1) is 21.5 Å². The zero-order valence-electron chi connectivity index (χ0n) is 15.5. The van der Waals surface area contributed by atoms with Gasteiger partial charge in [0.2, 0.25) is 5.78 Å². The fraction of sp³-hybridized carbons (Fsp3) is 0.350. The Morgan fingerprint density at radius 1 is 1.19 bits per heavy atom. The zero-order valence-corrected chi connectivity index (χ0v) is 17.1. The molecule has 0 amide bonds. The van der Waals surface area contributed by atoms with Gasteiger partial charge in [0.25, 0.3) is 5.56 Å². The van der Waals surface area contributed by atoms with Crippen LogP contribution in [0.2, 0.25) is 0 Å². The van der Waals surface area contributed by atoms with Gasteiger partial charge in [-0.3, -0.25) is 13.8 Å². The van der Waals surface area contributed by atoms with Crippen molar-refractivity contribution in [2.24, 2.45) is 0 Å². The molecule has 7 heteroatoms. The van der Waals surface area contributed by atoms with Crippen molar-refractivity contribution in [3.05, 3.63) is 57.7 Å². The van der Waals surface area contributed by atoms with Crippen molar-refractivity contribution in [1.29, 1.82) is 0 Å². The molecular weight excluding hydrogens is 376 g/mol. The molecule has 0 spiro atoms. The second-order valence-corrected chi connectivity index (χ2v) is 8.66. The van der Waals surface area contributed by atoms with Gasteiger partial charge in [-0.05, 0) is 29.3 Å². The van der Waals surface area contributed by atoms with Gasteiger partial charge in [-0.25, -0.2) is 0 Å². The summed E-state index contributed by atoms with van der Waals surface area (Å²) in [5.74, 6) is 1.84. The Bertz CT molecular complexity index is 1110. The number of thiophene rings is 1. The number of unbranched alkanes of at least 4 members (excludes halogenated alkanes) is 1. The third kappa shape index (κ3) is 3.41. The number of hydrogen-bond donors (Lipinski definition) is 0. The largest absolute Gasteiger partial charge is 0.275 e. The highest BCUT2D eigenvalue weighted by atomic mass is 32.2. The van der Waals surface area contributed by atoms with E-state index in [2.05, 4.69) is 36.2 Å². The molecule has 0 saturated carbocycles. The van der Waals surface area contributed by atoms with Crippen molar-refractivity contribution in [3.8, 4) is 0 Å². The fourth-order valence-corrected chi connectivity index (χ4v) is 5.07. The third-order valence-electron chi connectivity index (χ3n) is 4.74. The minimum Gasteiger partial charge on any atom is -0.275 e. The summed E-state index contributed by atoms with van der Waals surface area (Å²) in [6, 6.07) is 12.3. The molecule has 3 heterocycles. The zero-order chi connectivity index (χ0) is 18.8. The number of thioether (sulfide) groups is 1. The van der Waals surface area contributed by atoms with Crippen LogP contribution in [0.3, 0.4) is 0 Å². The van der Waals surface area contributed by atoms with Crippen LogP contribution in [-0.4, -0.2) is 24.9 Å². The average molecular weight is 399 g/mol. The Labute approximate surface area is 166 Å². The van der Waals surface area contributed by atoms with E-state index < -0.39 is 0 Å². The van der Waals surface area contributed by atoms with Gasteiger partial charge in [0.05, 0.1) is 5.52 Å². The number of aromatic nitrogens is 4. The first-order valence-electron chi connectivity index (χ1n) is 9.23. The highest BCUT2D eigenvalue weighted by Crippen LogP contribution is 2.26. The number of hydrogen-bond acceptors (Lipinski definition) is 5. The van der Waals surface area contributed by atoms with Crippen LogP contribution in [0.25, 0.3) is 16.0 Å². The van der Waals surface area contributed by atoms with Crippen molar-refractivity contribution in [1.82, 2.24) is 19.2 Å². The van der Waals surface area contributed by atoms with Crippen LogP contribution in [0.5, 0.6) is 0 Å². The first-order valence-corrected chi connectivity index (χ1v) is 11.1. The molecule has 4 rings (SSSR count). The van der Waals surface area contributed by atoms with E-state index in [1.165, 1.54) is 16.9 Å². The molecule has 27 heavy (non-hydrogen) atoms. The summed E-state index contributed by atoms with van der Waals surface area (Å²) in [5, 5.41) is 11.6. The number of nitrogens with zero attached hydrogens (tertiary/aromatic N) is 4.